The van der Waals surface area contributed by atoms with Crippen molar-refractivity contribution >= 4 is 23.2 Å². The van der Waals surface area contributed by atoms with Crippen molar-refractivity contribution in [2.45, 2.75) is 44.6 Å². The first-order valence-electron chi connectivity index (χ1n) is 7.15. The van der Waals surface area contributed by atoms with Crippen molar-refractivity contribution < 1.29 is 0 Å². The smallest absolute Gasteiger partial charge is 0.226 e. The maximum atomic E-state index is 5.67. The van der Waals surface area contributed by atoms with Crippen LogP contribution in [0.25, 0.3) is 0 Å². The van der Waals surface area contributed by atoms with Crippen molar-refractivity contribution in [1.82, 2.24) is 9.97 Å². The summed E-state index contributed by atoms with van der Waals surface area (Å²) < 4.78 is 0. The Morgan fingerprint density at radius 3 is 2.89 bits per heavy atom. The molecule has 2 atom stereocenters. The molecule has 102 valence electrons. The first kappa shape index (κ1) is 12.8. The molecule has 2 fully saturated rings. The molecule has 1 aromatic rings. The van der Waals surface area contributed by atoms with Crippen LogP contribution in [0.1, 0.15) is 44.2 Å². The highest BCUT2D eigenvalue weighted by molar-refractivity contribution is 7.80. The largest absolute Gasteiger partial charge is 0.388 e. The molecule has 1 saturated heterocycles. The summed E-state index contributed by atoms with van der Waals surface area (Å²) in [6.07, 6.45) is 9.69. The number of hydrogen-bond acceptors (Lipinski definition) is 4. The fourth-order valence-corrected chi connectivity index (χ4v) is 3.61. The number of anilines is 1. The number of aromatic nitrogens is 2. The van der Waals surface area contributed by atoms with Crippen molar-refractivity contribution in [3.05, 3.63) is 18.0 Å². The highest BCUT2D eigenvalue weighted by Crippen LogP contribution is 2.36. The van der Waals surface area contributed by atoms with E-state index in [1.165, 1.54) is 38.5 Å². The average molecular weight is 276 g/mol. The van der Waals surface area contributed by atoms with Crippen LogP contribution in [0.4, 0.5) is 5.95 Å². The van der Waals surface area contributed by atoms with Gasteiger partial charge in [0, 0.05) is 18.8 Å². The summed E-state index contributed by atoms with van der Waals surface area (Å²) in [5.74, 6) is 1.63. The summed E-state index contributed by atoms with van der Waals surface area (Å²) in [7, 11) is 0. The van der Waals surface area contributed by atoms with Crippen molar-refractivity contribution in [2.24, 2.45) is 11.7 Å². The fraction of sp³-hybridized carbons (Fsp3) is 0.643. The van der Waals surface area contributed by atoms with Gasteiger partial charge in [-0.05, 0) is 37.7 Å². The normalized spacial score (nSPS) is 26.8. The van der Waals surface area contributed by atoms with Gasteiger partial charge in [-0.1, -0.05) is 25.1 Å². The monoisotopic (exact) mass is 276 g/mol. The van der Waals surface area contributed by atoms with Crippen LogP contribution < -0.4 is 10.6 Å². The Bertz CT molecular complexity index is 474. The molecule has 0 unspecified atom stereocenters. The van der Waals surface area contributed by atoms with Crippen molar-refractivity contribution in [3.8, 4) is 0 Å². The summed E-state index contributed by atoms with van der Waals surface area (Å²) in [5, 5.41) is 0. The van der Waals surface area contributed by atoms with Gasteiger partial charge in [0.05, 0.1) is 0 Å². The molecule has 0 spiro atoms. The molecule has 3 rings (SSSR count). The minimum absolute atomic E-state index is 0.348. The molecule has 1 aromatic heterocycles. The van der Waals surface area contributed by atoms with Crippen LogP contribution in [0.15, 0.2) is 12.3 Å². The van der Waals surface area contributed by atoms with E-state index in [0.29, 0.717) is 16.7 Å². The quantitative estimate of drug-likeness (QED) is 0.840. The fourth-order valence-electron chi connectivity index (χ4n) is 3.50. The number of piperidine rings is 1. The number of nitrogens with zero attached hydrogens (tertiary/aromatic N) is 3. The second kappa shape index (κ2) is 5.41. The summed E-state index contributed by atoms with van der Waals surface area (Å²) in [6.45, 7) is 1.06. The lowest BCUT2D eigenvalue weighted by molar-refractivity contribution is 0.241. The average Bonchev–Trinajstić information content (AvgIpc) is 2.47. The molecule has 19 heavy (non-hydrogen) atoms. The van der Waals surface area contributed by atoms with Gasteiger partial charge in [0.25, 0.3) is 0 Å². The second-order valence-corrected chi connectivity index (χ2v) is 5.99. The number of thiocarbonyl (C=S) groups is 1. The van der Waals surface area contributed by atoms with Gasteiger partial charge >= 0.3 is 0 Å². The maximum absolute atomic E-state index is 5.67. The Morgan fingerprint density at radius 2 is 2.05 bits per heavy atom. The third-order valence-electron chi connectivity index (χ3n) is 4.40. The minimum atomic E-state index is 0.348. The van der Waals surface area contributed by atoms with Gasteiger partial charge in [-0.15, -0.1) is 0 Å². The Balaban J connectivity index is 1.87. The minimum Gasteiger partial charge on any atom is -0.388 e. The SMILES string of the molecule is NC(=S)c1ccnc(N2CCC[C@H]3CCCC[C@H]32)n1. The standard InChI is InChI=1S/C14H20N4S/c15-13(19)11-7-8-16-14(17-11)18-9-3-5-10-4-1-2-6-12(10)18/h7-8,10,12H,1-6,9H2,(H2,15,19)/t10-,12-/m1/s1. The summed E-state index contributed by atoms with van der Waals surface area (Å²) in [5.41, 5.74) is 6.35. The Hall–Kier alpha value is -1.23. The topological polar surface area (TPSA) is 55.0 Å². The molecule has 0 bridgehead atoms. The van der Waals surface area contributed by atoms with E-state index in [9.17, 15) is 0 Å². The highest BCUT2D eigenvalue weighted by atomic mass is 32.1. The Labute approximate surface area is 119 Å². The number of hydrogen-bond donors (Lipinski definition) is 1. The van der Waals surface area contributed by atoms with E-state index in [1.807, 2.05) is 0 Å². The van der Waals surface area contributed by atoms with Crippen molar-refractivity contribution in [1.29, 1.82) is 0 Å². The van der Waals surface area contributed by atoms with Crippen LogP contribution >= 0.6 is 12.2 Å². The van der Waals surface area contributed by atoms with Crippen LogP contribution in [0.5, 0.6) is 0 Å². The molecule has 1 aliphatic heterocycles. The van der Waals surface area contributed by atoms with Crippen LogP contribution in [0.3, 0.4) is 0 Å². The van der Waals surface area contributed by atoms with E-state index in [1.54, 1.807) is 12.3 Å². The molecule has 5 heteroatoms. The van der Waals surface area contributed by atoms with Crippen molar-refractivity contribution in [3.63, 3.8) is 0 Å². The second-order valence-electron chi connectivity index (χ2n) is 5.55. The molecule has 0 amide bonds. The maximum Gasteiger partial charge on any atom is 0.226 e. The molecule has 1 saturated carbocycles. The molecular weight excluding hydrogens is 256 g/mol. The van der Waals surface area contributed by atoms with Crippen LogP contribution in [0.2, 0.25) is 0 Å². The van der Waals surface area contributed by atoms with E-state index in [4.69, 9.17) is 18.0 Å². The predicted octanol–water partition coefficient (Wildman–Crippen LogP) is 2.27. The lowest BCUT2D eigenvalue weighted by Crippen LogP contribution is -2.47. The zero-order chi connectivity index (χ0) is 13.2. The number of nitrogens with two attached hydrogens (primary N) is 1. The van der Waals surface area contributed by atoms with Crippen LogP contribution in [0, 0.1) is 5.92 Å². The van der Waals surface area contributed by atoms with Gasteiger partial charge in [-0.25, -0.2) is 9.97 Å². The number of rotatable bonds is 2. The van der Waals surface area contributed by atoms with E-state index in [0.717, 1.165) is 18.4 Å². The lowest BCUT2D eigenvalue weighted by atomic mass is 9.78. The van der Waals surface area contributed by atoms with Gasteiger partial charge in [0.2, 0.25) is 5.95 Å². The van der Waals surface area contributed by atoms with Crippen molar-refractivity contribution in [2.75, 3.05) is 11.4 Å². The van der Waals surface area contributed by atoms with Gasteiger partial charge in [0.15, 0.2) is 0 Å². The van der Waals surface area contributed by atoms with Gasteiger partial charge < -0.3 is 10.6 Å². The van der Waals surface area contributed by atoms with Gasteiger partial charge in [-0.3, -0.25) is 0 Å². The molecule has 2 heterocycles. The summed E-state index contributed by atoms with van der Waals surface area (Å²) in [6, 6.07) is 2.40. The molecule has 4 nitrogen and oxygen atoms in total. The van der Waals surface area contributed by atoms with E-state index in [-0.39, 0.29) is 0 Å². The lowest BCUT2D eigenvalue weighted by Gasteiger charge is -2.44. The Morgan fingerprint density at radius 1 is 1.26 bits per heavy atom. The molecule has 2 aliphatic rings. The summed E-state index contributed by atoms with van der Waals surface area (Å²) in [4.78, 5) is 11.7. The number of fused-ring (bicyclic) bond motifs is 1. The molecule has 2 N–H and O–H groups in total. The molecular formula is C14H20N4S. The Kier molecular flexibility index (Phi) is 3.64. The zero-order valence-electron chi connectivity index (χ0n) is 11.1. The van der Waals surface area contributed by atoms with Gasteiger partial charge in [0.1, 0.15) is 10.7 Å². The predicted molar refractivity (Wildman–Crippen MR) is 80.2 cm³/mol. The zero-order valence-corrected chi connectivity index (χ0v) is 11.9. The molecule has 0 aromatic carbocycles. The van der Waals surface area contributed by atoms with E-state index in [2.05, 4.69) is 14.9 Å². The molecule has 1 aliphatic carbocycles. The third kappa shape index (κ3) is 2.56. The first-order valence-corrected chi connectivity index (χ1v) is 7.56. The highest BCUT2D eigenvalue weighted by Gasteiger charge is 2.34. The third-order valence-corrected chi connectivity index (χ3v) is 4.60. The van der Waals surface area contributed by atoms with Crippen LogP contribution in [-0.2, 0) is 0 Å². The van der Waals surface area contributed by atoms with Gasteiger partial charge in [-0.2, -0.15) is 0 Å². The van der Waals surface area contributed by atoms with E-state index < -0.39 is 0 Å². The van der Waals surface area contributed by atoms with E-state index >= 15 is 0 Å². The first-order chi connectivity index (χ1) is 9.25. The molecule has 0 radical (unpaired) electrons. The van der Waals surface area contributed by atoms with Crippen LogP contribution in [-0.4, -0.2) is 27.5 Å². The summed E-state index contributed by atoms with van der Waals surface area (Å²) >= 11 is 5.01.